The van der Waals surface area contributed by atoms with Gasteiger partial charge in [0, 0.05) is 35.7 Å². The molecule has 160 valence electrons. The summed E-state index contributed by atoms with van der Waals surface area (Å²) in [6.07, 6.45) is 1.35. The standard InChI is InChI=1S/C22H24Cl2N2O4/c1-25(13-14-11-15(23)6-8-19(14)29-2)22(28)18-5-4-10-26(18)21(27)17-12-16(24)7-9-20(17)30-3/h6-9,11-12,18H,4-5,10,13H2,1-3H3. The largest absolute Gasteiger partial charge is 0.496 e. The van der Waals surface area contributed by atoms with E-state index in [2.05, 4.69) is 0 Å². The van der Waals surface area contributed by atoms with Crippen LogP contribution in [-0.2, 0) is 11.3 Å². The van der Waals surface area contributed by atoms with Crippen LogP contribution in [0.5, 0.6) is 11.5 Å². The van der Waals surface area contributed by atoms with E-state index in [1.54, 1.807) is 60.4 Å². The summed E-state index contributed by atoms with van der Waals surface area (Å²) < 4.78 is 10.7. The molecule has 1 fully saturated rings. The molecule has 1 saturated heterocycles. The van der Waals surface area contributed by atoms with Gasteiger partial charge in [0.05, 0.1) is 19.8 Å². The van der Waals surface area contributed by atoms with Crippen LogP contribution in [0, 0.1) is 0 Å². The molecule has 2 amide bonds. The Labute approximate surface area is 186 Å². The number of carbonyl (C=O) groups is 2. The maximum absolute atomic E-state index is 13.2. The molecule has 0 saturated carbocycles. The number of rotatable bonds is 6. The van der Waals surface area contributed by atoms with Crippen molar-refractivity contribution in [3.63, 3.8) is 0 Å². The van der Waals surface area contributed by atoms with Crippen molar-refractivity contribution >= 4 is 35.0 Å². The predicted molar refractivity (Wildman–Crippen MR) is 117 cm³/mol. The number of likely N-dealkylation sites (tertiary alicyclic amines) is 1. The molecule has 0 radical (unpaired) electrons. The average Bonchev–Trinajstić information content (AvgIpc) is 3.22. The molecule has 0 aromatic heterocycles. The van der Waals surface area contributed by atoms with Gasteiger partial charge >= 0.3 is 0 Å². The minimum atomic E-state index is -0.545. The minimum Gasteiger partial charge on any atom is -0.496 e. The second-order valence-electron chi connectivity index (χ2n) is 7.15. The number of nitrogens with zero attached hydrogens (tertiary/aromatic N) is 2. The lowest BCUT2D eigenvalue weighted by Gasteiger charge is -2.29. The Morgan fingerprint density at radius 1 is 1.07 bits per heavy atom. The zero-order chi connectivity index (χ0) is 21.8. The molecule has 8 heteroatoms. The molecular weight excluding hydrogens is 427 g/mol. The predicted octanol–water partition coefficient (Wildman–Crippen LogP) is 4.27. The van der Waals surface area contributed by atoms with Crippen LogP contribution in [0.25, 0.3) is 0 Å². The fraction of sp³-hybridized carbons (Fsp3) is 0.364. The van der Waals surface area contributed by atoms with E-state index in [0.717, 1.165) is 12.0 Å². The normalized spacial score (nSPS) is 15.8. The van der Waals surface area contributed by atoms with Crippen LogP contribution >= 0.6 is 23.2 Å². The van der Waals surface area contributed by atoms with E-state index in [0.29, 0.717) is 46.6 Å². The van der Waals surface area contributed by atoms with Crippen LogP contribution in [0.1, 0.15) is 28.8 Å². The van der Waals surface area contributed by atoms with E-state index >= 15 is 0 Å². The summed E-state index contributed by atoms with van der Waals surface area (Å²) in [6, 6.07) is 9.63. The summed E-state index contributed by atoms with van der Waals surface area (Å²) in [5.74, 6) is 0.685. The monoisotopic (exact) mass is 450 g/mol. The van der Waals surface area contributed by atoms with Crippen LogP contribution in [0.15, 0.2) is 36.4 Å². The first kappa shape index (κ1) is 22.2. The third-order valence-corrected chi connectivity index (χ3v) is 5.69. The van der Waals surface area contributed by atoms with E-state index in [9.17, 15) is 9.59 Å². The molecule has 2 aromatic rings. The van der Waals surface area contributed by atoms with Crippen LogP contribution in [0.4, 0.5) is 0 Å². The highest BCUT2D eigenvalue weighted by Crippen LogP contribution is 2.29. The number of likely N-dealkylation sites (N-methyl/N-ethyl adjacent to an activating group) is 1. The number of hydrogen-bond donors (Lipinski definition) is 0. The van der Waals surface area contributed by atoms with E-state index in [1.807, 2.05) is 0 Å². The van der Waals surface area contributed by atoms with Crippen LogP contribution in [-0.4, -0.2) is 55.5 Å². The molecule has 2 aromatic carbocycles. The molecule has 0 bridgehead atoms. The number of hydrogen-bond acceptors (Lipinski definition) is 4. The Kier molecular flexibility index (Phi) is 7.10. The maximum atomic E-state index is 13.2. The topological polar surface area (TPSA) is 59.1 Å². The molecule has 0 aliphatic carbocycles. The van der Waals surface area contributed by atoms with Crippen LogP contribution in [0.3, 0.4) is 0 Å². The Morgan fingerprint density at radius 3 is 2.37 bits per heavy atom. The van der Waals surface area contributed by atoms with E-state index in [4.69, 9.17) is 32.7 Å². The number of halogens is 2. The van der Waals surface area contributed by atoms with Crippen molar-refractivity contribution in [3.8, 4) is 11.5 Å². The Balaban J connectivity index is 1.80. The first-order chi connectivity index (χ1) is 14.3. The van der Waals surface area contributed by atoms with Crippen molar-refractivity contribution in [3.05, 3.63) is 57.6 Å². The second-order valence-corrected chi connectivity index (χ2v) is 8.02. The molecule has 1 aliphatic rings. The molecule has 0 spiro atoms. The number of amides is 2. The lowest BCUT2D eigenvalue weighted by Crippen LogP contribution is -2.46. The summed E-state index contributed by atoms with van der Waals surface area (Å²) >= 11 is 12.2. The molecule has 1 aliphatic heterocycles. The maximum Gasteiger partial charge on any atom is 0.258 e. The summed E-state index contributed by atoms with van der Waals surface area (Å²) in [7, 11) is 4.78. The fourth-order valence-electron chi connectivity index (χ4n) is 3.73. The highest BCUT2D eigenvalue weighted by molar-refractivity contribution is 6.31. The van der Waals surface area contributed by atoms with Gasteiger partial charge in [-0.25, -0.2) is 0 Å². The highest BCUT2D eigenvalue weighted by Gasteiger charge is 2.37. The summed E-state index contributed by atoms with van der Waals surface area (Å²) in [6.45, 7) is 0.820. The average molecular weight is 451 g/mol. The SMILES string of the molecule is COc1ccc(Cl)cc1CN(C)C(=O)C1CCCN1C(=O)c1cc(Cl)ccc1OC. The van der Waals surface area contributed by atoms with E-state index < -0.39 is 6.04 Å². The van der Waals surface area contributed by atoms with Gasteiger partial charge in [0.15, 0.2) is 0 Å². The van der Waals surface area contributed by atoms with E-state index in [1.165, 1.54) is 7.11 Å². The van der Waals surface area contributed by atoms with Gasteiger partial charge < -0.3 is 19.3 Å². The van der Waals surface area contributed by atoms with Gasteiger partial charge in [-0.2, -0.15) is 0 Å². The molecule has 1 atom stereocenters. The first-order valence-corrected chi connectivity index (χ1v) is 10.3. The lowest BCUT2D eigenvalue weighted by molar-refractivity contribution is -0.134. The molecule has 30 heavy (non-hydrogen) atoms. The zero-order valence-corrected chi connectivity index (χ0v) is 18.7. The van der Waals surface area contributed by atoms with Crippen molar-refractivity contribution in [2.75, 3.05) is 27.8 Å². The highest BCUT2D eigenvalue weighted by atomic mass is 35.5. The van der Waals surface area contributed by atoms with Gasteiger partial charge in [0.2, 0.25) is 5.91 Å². The summed E-state index contributed by atoms with van der Waals surface area (Å²) in [5.41, 5.74) is 1.15. The lowest BCUT2D eigenvalue weighted by atomic mass is 10.1. The van der Waals surface area contributed by atoms with Crippen LogP contribution < -0.4 is 9.47 Å². The van der Waals surface area contributed by atoms with Gasteiger partial charge in [-0.1, -0.05) is 23.2 Å². The molecule has 0 N–H and O–H groups in total. The summed E-state index contributed by atoms with van der Waals surface area (Å²) in [5, 5.41) is 1.00. The fourth-order valence-corrected chi connectivity index (χ4v) is 4.09. The number of ether oxygens (including phenoxy) is 2. The third kappa shape index (κ3) is 4.65. The Hall–Kier alpha value is -2.44. The van der Waals surface area contributed by atoms with Gasteiger partial charge in [0.25, 0.3) is 5.91 Å². The number of methoxy groups -OCH3 is 2. The van der Waals surface area contributed by atoms with Gasteiger partial charge in [-0.15, -0.1) is 0 Å². The van der Waals surface area contributed by atoms with Crippen molar-refractivity contribution < 1.29 is 19.1 Å². The smallest absolute Gasteiger partial charge is 0.258 e. The number of benzene rings is 2. The summed E-state index contributed by atoms with van der Waals surface area (Å²) in [4.78, 5) is 29.6. The van der Waals surface area contributed by atoms with Gasteiger partial charge in [-0.05, 0) is 49.2 Å². The molecular formula is C22H24Cl2N2O4. The van der Waals surface area contributed by atoms with Crippen molar-refractivity contribution in [2.24, 2.45) is 0 Å². The zero-order valence-electron chi connectivity index (χ0n) is 17.2. The molecule has 6 nitrogen and oxygen atoms in total. The van der Waals surface area contributed by atoms with Crippen molar-refractivity contribution in [2.45, 2.75) is 25.4 Å². The Bertz CT molecular complexity index is 951. The van der Waals surface area contributed by atoms with Crippen molar-refractivity contribution in [1.82, 2.24) is 9.80 Å². The van der Waals surface area contributed by atoms with Gasteiger partial charge in [0.1, 0.15) is 17.5 Å². The van der Waals surface area contributed by atoms with Crippen LogP contribution in [0.2, 0.25) is 10.0 Å². The number of carbonyl (C=O) groups excluding carboxylic acids is 2. The molecule has 1 heterocycles. The molecule has 3 rings (SSSR count). The van der Waals surface area contributed by atoms with E-state index in [-0.39, 0.29) is 11.8 Å². The second kappa shape index (κ2) is 9.58. The first-order valence-electron chi connectivity index (χ1n) is 9.57. The molecule has 1 unspecified atom stereocenters. The minimum absolute atomic E-state index is 0.135. The quantitative estimate of drug-likeness (QED) is 0.658. The Morgan fingerprint density at radius 2 is 1.70 bits per heavy atom. The van der Waals surface area contributed by atoms with Crippen molar-refractivity contribution in [1.29, 1.82) is 0 Å². The third-order valence-electron chi connectivity index (χ3n) is 5.22. The van der Waals surface area contributed by atoms with Gasteiger partial charge in [-0.3, -0.25) is 9.59 Å².